The van der Waals surface area contributed by atoms with Crippen molar-refractivity contribution in [2.45, 2.75) is 19.3 Å². The molecule has 4 heteroatoms. The van der Waals surface area contributed by atoms with E-state index < -0.39 is 0 Å². The molecule has 1 aromatic carbocycles. The van der Waals surface area contributed by atoms with Gasteiger partial charge in [-0.3, -0.25) is 4.79 Å². The van der Waals surface area contributed by atoms with Crippen LogP contribution < -0.4 is 5.73 Å². The number of carbonyl (C=O) groups is 1. The van der Waals surface area contributed by atoms with E-state index in [9.17, 15) is 4.79 Å². The summed E-state index contributed by atoms with van der Waals surface area (Å²) in [5.41, 5.74) is 6.37. The lowest BCUT2D eigenvalue weighted by Gasteiger charge is -2.32. The predicted molar refractivity (Wildman–Crippen MR) is 76.4 cm³/mol. The zero-order valence-electron chi connectivity index (χ0n) is 10.4. The molecule has 1 aromatic rings. The van der Waals surface area contributed by atoms with Crippen LogP contribution in [0.25, 0.3) is 0 Å². The zero-order chi connectivity index (χ0) is 13.0. The SMILES string of the molecule is NCCC1CCCN(C(=O)c2ccc(Br)cc2)C1. The van der Waals surface area contributed by atoms with Crippen LogP contribution in [0.15, 0.2) is 28.7 Å². The topological polar surface area (TPSA) is 46.3 Å². The first-order chi connectivity index (χ1) is 8.70. The summed E-state index contributed by atoms with van der Waals surface area (Å²) in [5.74, 6) is 0.715. The third kappa shape index (κ3) is 3.33. The van der Waals surface area contributed by atoms with E-state index in [4.69, 9.17) is 5.73 Å². The average Bonchev–Trinajstić information content (AvgIpc) is 2.39. The predicted octanol–water partition coefficient (Wildman–Crippen LogP) is 2.65. The fraction of sp³-hybridized carbons (Fsp3) is 0.500. The van der Waals surface area contributed by atoms with Gasteiger partial charge in [-0.1, -0.05) is 15.9 Å². The van der Waals surface area contributed by atoms with Crippen LogP contribution >= 0.6 is 15.9 Å². The number of nitrogens with two attached hydrogens (primary N) is 1. The second kappa shape index (κ2) is 6.34. The normalized spacial score (nSPS) is 19.9. The highest BCUT2D eigenvalue weighted by molar-refractivity contribution is 9.10. The molecule has 1 saturated heterocycles. The Bertz CT molecular complexity index is 403. The monoisotopic (exact) mass is 310 g/mol. The van der Waals surface area contributed by atoms with Crippen molar-refractivity contribution < 1.29 is 4.79 Å². The Labute approximate surface area is 116 Å². The van der Waals surface area contributed by atoms with Crippen molar-refractivity contribution in [3.63, 3.8) is 0 Å². The van der Waals surface area contributed by atoms with Crippen molar-refractivity contribution in [2.24, 2.45) is 11.7 Å². The van der Waals surface area contributed by atoms with E-state index in [0.717, 1.165) is 36.0 Å². The molecular weight excluding hydrogens is 292 g/mol. The van der Waals surface area contributed by atoms with Crippen LogP contribution in [0.1, 0.15) is 29.6 Å². The van der Waals surface area contributed by atoms with Gasteiger partial charge >= 0.3 is 0 Å². The van der Waals surface area contributed by atoms with Crippen LogP contribution in [0.2, 0.25) is 0 Å². The van der Waals surface area contributed by atoms with Gasteiger partial charge in [0.1, 0.15) is 0 Å². The van der Waals surface area contributed by atoms with Crippen molar-refractivity contribution in [1.82, 2.24) is 4.90 Å². The molecule has 1 atom stereocenters. The minimum Gasteiger partial charge on any atom is -0.338 e. The smallest absolute Gasteiger partial charge is 0.253 e. The lowest BCUT2D eigenvalue weighted by Crippen LogP contribution is -2.40. The quantitative estimate of drug-likeness (QED) is 0.933. The lowest BCUT2D eigenvalue weighted by molar-refractivity contribution is 0.0669. The first-order valence-corrected chi connectivity index (χ1v) is 7.25. The van der Waals surface area contributed by atoms with Gasteiger partial charge in [-0.2, -0.15) is 0 Å². The molecule has 3 nitrogen and oxygen atoms in total. The van der Waals surface area contributed by atoms with Crippen molar-refractivity contribution in [3.05, 3.63) is 34.3 Å². The lowest BCUT2D eigenvalue weighted by atomic mass is 9.94. The molecule has 2 rings (SSSR count). The minimum absolute atomic E-state index is 0.143. The molecule has 2 N–H and O–H groups in total. The molecular formula is C14H19BrN2O. The van der Waals surface area contributed by atoms with Crippen molar-refractivity contribution >= 4 is 21.8 Å². The highest BCUT2D eigenvalue weighted by Gasteiger charge is 2.23. The van der Waals surface area contributed by atoms with Crippen molar-refractivity contribution in [2.75, 3.05) is 19.6 Å². The first kappa shape index (κ1) is 13.6. The number of hydrogen-bond donors (Lipinski definition) is 1. The summed E-state index contributed by atoms with van der Waals surface area (Å²) in [6.07, 6.45) is 3.30. The number of amides is 1. The van der Waals surface area contributed by atoms with Crippen LogP contribution in [0.5, 0.6) is 0 Å². The molecule has 98 valence electrons. The van der Waals surface area contributed by atoms with Crippen LogP contribution in [-0.2, 0) is 0 Å². The van der Waals surface area contributed by atoms with E-state index >= 15 is 0 Å². The van der Waals surface area contributed by atoms with Crippen molar-refractivity contribution in [1.29, 1.82) is 0 Å². The van der Waals surface area contributed by atoms with Crippen LogP contribution in [0, 0.1) is 5.92 Å². The Morgan fingerprint density at radius 2 is 2.11 bits per heavy atom. The largest absolute Gasteiger partial charge is 0.338 e. The van der Waals surface area contributed by atoms with Gasteiger partial charge in [-0.25, -0.2) is 0 Å². The molecule has 0 saturated carbocycles. The van der Waals surface area contributed by atoms with Gasteiger partial charge in [0, 0.05) is 23.1 Å². The number of nitrogens with zero attached hydrogens (tertiary/aromatic N) is 1. The molecule has 18 heavy (non-hydrogen) atoms. The molecule has 0 bridgehead atoms. The maximum Gasteiger partial charge on any atom is 0.253 e. The molecule has 0 aliphatic carbocycles. The molecule has 0 spiro atoms. The number of carbonyl (C=O) groups excluding carboxylic acids is 1. The number of benzene rings is 1. The van der Waals surface area contributed by atoms with E-state index in [0.29, 0.717) is 12.5 Å². The summed E-state index contributed by atoms with van der Waals surface area (Å²) < 4.78 is 0.999. The number of halogens is 1. The Balaban J connectivity index is 2.02. The third-order valence-electron chi connectivity index (χ3n) is 3.47. The summed E-state index contributed by atoms with van der Waals surface area (Å²) >= 11 is 3.38. The summed E-state index contributed by atoms with van der Waals surface area (Å²) in [6.45, 7) is 2.44. The Morgan fingerprint density at radius 1 is 1.39 bits per heavy atom. The zero-order valence-corrected chi connectivity index (χ0v) is 12.0. The van der Waals surface area contributed by atoms with Gasteiger partial charge in [0.15, 0.2) is 0 Å². The molecule has 1 fully saturated rings. The summed E-state index contributed by atoms with van der Waals surface area (Å²) in [5, 5.41) is 0. The van der Waals surface area contributed by atoms with Crippen LogP contribution in [-0.4, -0.2) is 30.4 Å². The minimum atomic E-state index is 0.143. The fourth-order valence-corrected chi connectivity index (χ4v) is 2.76. The molecule has 1 aliphatic heterocycles. The van der Waals surface area contributed by atoms with Gasteiger partial charge < -0.3 is 10.6 Å². The highest BCUT2D eigenvalue weighted by atomic mass is 79.9. The van der Waals surface area contributed by atoms with Gasteiger partial charge in [0.25, 0.3) is 5.91 Å². The van der Waals surface area contributed by atoms with Crippen LogP contribution in [0.3, 0.4) is 0 Å². The van der Waals surface area contributed by atoms with Crippen molar-refractivity contribution in [3.8, 4) is 0 Å². The van der Waals surface area contributed by atoms with Crippen LogP contribution in [0.4, 0.5) is 0 Å². The molecule has 1 aliphatic rings. The molecule has 1 amide bonds. The van der Waals surface area contributed by atoms with E-state index in [1.165, 1.54) is 6.42 Å². The number of likely N-dealkylation sites (tertiary alicyclic amines) is 1. The van der Waals surface area contributed by atoms with E-state index in [-0.39, 0.29) is 5.91 Å². The Kier molecular flexibility index (Phi) is 4.78. The first-order valence-electron chi connectivity index (χ1n) is 6.45. The molecule has 1 unspecified atom stereocenters. The summed E-state index contributed by atoms with van der Waals surface area (Å²) in [4.78, 5) is 14.3. The fourth-order valence-electron chi connectivity index (χ4n) is 2.50. The maximum absolute atomic E-state index is 12.3. The highest BCUT2D eigenvalue weighted by Crippen LogP contribution is 2.21. The van der Waals surface area contributed by atoms with Gasteiger partial charge in [0.2, 0.25) is 0 Å². The number of rotatable bonds is 3. The molecule has 0 aromatic heterocycles. The second-order valence-electron chi connectivity index (χ2n) is 4.84. The third-order valence-corrected chi connectivity index (χ3v) is 4.00. The number of hydrogen-bond acceptors (Lipinski definition) is 2. The van der Waals surface area contributed by atoms with E-state index in [1.54, 1.807) is 0 Å². The summed E-state index contributed by atoms with van der Waals surface area (Å²) in [6, 6.07) is 7.57. The molecule has 0 radical (unpaired) electrons. The standard InChI is InChI=1S/C14H19BrN2O/c15-13-5-3-12(4-6-13)14(18)17-9-1-2-11(10-17)7-8-16/h3-6,11H,1-2,7-10,16H2. The Hall–Kier alpha value is -0.870. The average molecular weight is 311 g/mol. The van der Waals surface area contributed by atoms with Gasteiger partial charge in [0.05, 0.1) is 0 Å². The van der Waals surface area contributed by atoms with Gasteiger partial charge in [-0.05, 0) is 56.0 Å². The maximum atomic E-state index is 12.3. The number of piperidine rings is 1. The summed E-state index contributed by atoms with van der Waals surface area (Å²) in [7, 11) is 0. The molecule has 1 heterocycles. The van der Waals surface area contributed by atoms with E-state index in [2.05, 4.69) is 15.9 Å². The second-order valence-corrected chi connectivity index (χ2v) is 5.76. The van der Waals surface area contributed by atoms with E-state index in [1.807, 2.05) is 29.2 Å². The Morgan fingerprint density at radius 3 is 2.78 bits per heavy atom. The van der Waals surface area contributed by atoms with Gasteiger partial charge in [-0.15, -0.1) is 0 Å².